The van der Waals surface area contributed by atoms with E-state index in [-0.39, 0.29) is 0 Å². The minimum absolute atomic E-state index is 1.16. The van der Waals surface area contributed by atoms with Crippen molar-refractivity contribution in [2.75, 3.05) is 18.0 Å². The molecule has 17 heavy (non-hydrogen) atoms. The van der Waals surface area contributed by atoms with Crippen molar-refractivity contribution >= 4 is 5.69 Å². The molecule has 0 spiro atoms. The van der Waals surface area contributed by atoms with Gasteiger partial charge < -0.3 is 4.90 Å². The first-order valence-electron chi connectivity index (χ1n) is 6.79. The van der Waals surface area contributed by atoms with Crippen molar-refractivity contribution in [3.05, 3.63) is 42.5 Å². The molecular weight excluding hydrogens is 206 g/mol. The Labute approximate surface area is 106 Å². The van der Waals surface area contributed by atoms with E-state index in [0.29, 0.717) is 0 Å². The number of anilines is 1. The molecule has 1 aromatic carbocycles. The molecule has 94 valence electrons. The molecule has 0 N–H and O–H groups in total. The summed E-state index contributed by atoms with van der Waals surface area (Å²) in [5.41, 5.74) is 1.39. The molecule has 1 aliphatic rings. The van der Waals surface area contributed by atoms with Crippen molar-refractivity contribution in [2.24, 2.45) is 0 Å². The lowest BCUT2D eigenvalue weighted by atomic mass is 10.1. The first kappa shape index (κ1) is 13.8. The van der Waals surface area contributed by atoms with Gasteiger partial charge in [0.2, 0.25) is 0 Å². The molecule has 1 fully saturated rings. The summed E-state index contributed by atoms with van der Waals surface area (Å²) in [5.74, 6) is 0. The molecule has 0 aromatic heterocycles. The van der Waals surface area contributed by atoms with E-state index in [9.17, 15) is 0 Å². The van der Waals surface area contributed by atoms with E-state index in [1.807, 2.05) is 6.92 Å². The predicted molar refractivity (Wildman–Crippen MR) is 77.6 cm³/mol. The van der Waals surface area contributed by atoms with Gasteiger partial charge in [0.25, 0.3) is 0 Å². The highest BCUT2D eigenvalue weighted by Gasteiger charge is 2.09. The van der Waals surface area contributed by atoms with E-state index in [4.69, 9.17) is 0 Å². The lowest BCUT2D eigenvalue weighted by molar-refractivity contribution is 0.578. The second-order valence-electron chi connectivity index (χ2n) is 4.36. The minimum atomic E-state index is 1.16. The van der Waals surface area contributed by atoms with Gasteiger partial charge in [0, 0.05) is 18.8 Å². The van der Waals surface area contributed by atoms with Crippen LogP contribution in [-0.2, 0) is 0 Å². The van der Waals surface area contributed by atoms with Crippen LogP contribution in [0, 0.1) is 0 Å². The fourth-order valence-electron chi connectivity index (χ4n) is 2.03. The summed E-state index contributed by atoms with van der Waals surface area (Å²) in [7, 11) is 0. The smallest absolute Gasteiger partial charge is 0.0366 e. The van der Waals surface area contributed by atoms with E-state index >= 15 is 0 Å². The topological polar surface area (TPSA) is 3.24 Å². The van der Waals surface area contributed by atoms with Gasteiger partial charge in [0.1, 0.15) is 0 Å². The molecule has 0 unspecified atom stereocenters. The van der Waals surface area contributed by atoms with Crippen LogP contribution in [0.2, 0.25) is 0 Å². The van der Waals surface area contributed by atoms with E-state index in [0.717, 1.165) is 6.42 Å². The van der Waals surface area contributed by atoms with E-state index < -0.39 is 0 Å². The van der Waals surface area contributed by atoms with Crippen LogP contribution in [-0.4, -0.2) is 13.1 Å². The van der Waals surface area contributed by atoms with Gasteiger partial charge in [-0.15, -0.1) is 0 Å². The average molecular weight is 231 g/mol. The van der Waals surface area contributed by atoms with Gasteiger partial charge in [0.15, 0.2) is 0 Å². The predicted octanol–water partition coefficient (Wildman–Crippen LogP) is 4.65. The van der Waals surface area contributed by atoms with E-state index in [1.54, 1.807) is 0 Å². The van der Waals surface area contributed by atoms with E-state index in [2.05, 4.69) is 54.3 Å². The third kappa shape index (κ3) is 5.58. The maximum absolute atomic E-state index is 2.48. The van der Waals surface area contributed by atoms with Crippen LogP contribution in [0.3, 0.4) is 0 Å². The Kier molecular flexibility index (Phi) is 7.20. The van der Waals surface area contributed by atoms with Crippen molar-refractivity contribution in [1.82, 2.24) is 0 Å². The van der Waals surface area contributed by atoms with Crippen LogP contribution in [0.4, 0.5) is 5.69 Å². The molecule has 0 aliphatic carbocycles. The summed E-state index contributed by atoms with van der Waals surface area (Å²) in [6.07, 6.45) is 9.46. The molecule has 0 atom stereocenters. The zero-order chi connectivity index (χ0) is 12.3. The summed E-state index contributed by atoms with van der Waals surface area (Å²) in [6.45, 7) is 6.64. The Morgan fingerprint density at radius 1 is 1.06 bits per heavy atom. The van der Waals surface area contributed by atoms with Crippen LogP contribution < -0.4 is 4.90 Å². The largest absolute Gasteiger partial charge is 0.372 e. The van der Waals surface area contributed by atoms with Crippen molar-refractivity contribution in [3.63, 3.8) is 0 Å². The highest BCUT2D eigenvalue weighted by molar-refractivity contribution is 5.46. The highest BCUT2D eigenvalue weighted by atomic mass is 15.1. The molecule has 0 bridgehead atoms. The number of para-hydroxylation sites is 1. The quantitative estimate of drug-likeness (QED) is 0.670. The lowest BCUT2D eigenvalue weighted by Crippen LogP contribution is -2.29. The fourth-order valence-corrected chi connectivity index (χ4v) is 2.03. The molecular formula is C16H25N. The maximum atomic E-state index is 2.48. The summed E-state index contributed by atoms with van der Waals surface area (Å²) in [4.78, 5) is 2.48. The van der Waals surface area contributed by atoms with Crippen molar-refractivity contribution in [2.45, 2.75) is 39.5 Å². The van der Waals surface area contributed by atoms with Crippen LogP contribution in [0.5, 0.6) is 0 Å². The second-order valence-corrected chi connectivity index (χ2v) is 4.36. The van der Waals surface area contributed by atoms with Gasteiger partial charge in [-0.2, -0.15) is 0 Å². The zero-order valence-corrected chi connectivity index (χ0v) is 11.2. The number of rotatable bonds is 2. The average Bonchev–Trinajstić information content (AvgIpc) is 2.42. The third-order valence-corrected chi connectivity index (χ3v) is 2.95. The van der Waals surface area contributed by atoms with Crippen LogP contribution >= 0.6 is 0 Å². The zero-order valence-electron chi connectivity index (χ0n) is 11.2. The Bertz CT molecular complexity index is 297. The normalized spacial score (nSPS) is 15.5. The van der Waals surface area contributed by atoms with Gasteiger partial charge in [-0.25, -0.2) is 0 Å². The summed E-state index contributed by atoms with van der Waals surface area (Å²) >= 11 is 0. The SMILES string of the molecule is CC=CCC.c1ccc(N2CCCCC2)cc1. The molecule has 1 heteroatoms. The Balaban J connectivity index is 0.000000249. The Hall–Kier alpha value is -1.24. The Morgan fingerprint density at radius 2 is 1.71 bits per heavy atom. The number of hydrogen-bond acceptors (Lipinski definition) is 1. The summed E-state index contributed by atoms with van der Waals surface area (Å²) in [6, 6.07) is 10.7. The Morgan fingerprint density at radius 3 is 2.18 bits per heavy atom. The van der Waals surface area contributed by atoms with Crippen LogP contribution in [0.25, 0.3) is 0 Å². The summed E-state index contributed by atoms with van der Waals surface area (Å²) in [5, 5.41) is 0. The number of nitrogens with zero attached hydrogens (tertiary/aromatic N) is 1. The molecule has 0 amide bonds. The molecule has 1 nitrogen and oxygen atoms in total. The maximum Gasteiger partial charge on any atom is 0.0366 e. The van der Waals surface area contributed by atoms with Gasteiger partial charge in [-0.3, -0.25) is 0 Å². The molecule has 1 aliphatic heterocycles. The fraction of sp³-hybridized carbons (Fsp3) is 0.500. The first-order chi connectivity index (χ1) is 8.38. The van der Waals surface area contributed by atoms with Crippen LogP contribution in [0.1, 0.15) is 39.5 Å². The number of allylic oxidation sites excluding steroid dienone is 2. The van der Waals surface area contributed by atoms with Gasteiger partial charge in [-0.1, -0.05) is 37.3 Å². The van der Waals surface area contributed by atoms with E-state index in [1.165, 1.54) is 38.0 Å². The third-order valence-electron chi connectivity index (χ3n) is 2.95. The van der Waals surface area contributed by atoms with Crippen molar-refractivity contribution in [1.29, 1.82) is 0 Å². The number of piperidine rings is 1. The molecule has 0 saturated carbocycles. The highest BCUT2D eigenvalue weighted by Crippen LogP contribution is 2.18. The second kappa shape index (κ2) is 8.86. The molecule has 1 saturated heterocycles. The van der Waals surface area contributed by atoms with Gasteiger partial charge in [0.05, 0.1) is 0 Å². The molecule has 0 radical (unpaired) electrons. The first-order valence-corrected chi connectivity index (χ1v) is 6.79. The minimum Gasteiger partial charge on any atom is -0.372 e. The van der Waals surface area contributed by atoms with Gasteiger partial charge in [-0.05, 0) is 44.7 Å². The van der Waals surface area contributed by atoms with Crippen LogP contribution in [0.15, 0.2) is 42.5 Å². The van der Waals surface area contributed by atoms with Crippen molar-refractivity contribution in [3.8, 4) is 0 Å². The summed E-state index contributed by atoms with van der Waals surface area (Å²) < 4.78 is 0. The number of hydrogen-bond donors (Lipinski definition) is 0. The van der Waals surface area contributed by atoms with Crippen molar-refractivity contribution < 1.29 is 0 Å². The lowest BCUT2D eigenvalue weighted by Gasteiger charge is -2.28. The monoisotopic (exact) mass is 231 g/mol. The molecule has 1 heterocycles. The molecule has 2 rings (SSSR count). The number of benzene rings is 1. The molecule has 1 aromatic rings. The standard InChI is InChI=1S/C11H15N.C5H10/c1-3-7-11(8-4-1)12-9-5-2-6-10-12;1-3-5-4-2/h1,3-4,7-8H,2,5-6,9-10H2;3,5H,4H2,1-2H3. The van der Waals surface area contributed by atoms with Gasteiger partial charge >= 0.3 is 0 Å².